The number of halogens is 1. The average molecular weight is 689 g/mol. The molecule has 2 unspecified atom stereocenters. The largest absolute Gasteiger partial charge is 0.473 e. The standard InChI is InChI=1S/C23H27FN8O10P2S/c1-10-15-20(27-6-29(10)2)31(8-25-15)11-4-12-17(33)18(11)42-44(37,45)38-5-13-19(41-43(35,36)40-12)14(24)23(39-13)32-9-26-16-21(32)28-7-30(3)22(16)34/h6-9,11-14,17-19,23,33H,1,4-5H2,2-3H3,(H,35,36)(H,37,45)/t11-,12+,13-,14-,17-,18+,19-,23-,44?/m1/s1. The Labute approximate surface area is 258 Å². The van der Waals surface area contributed by atoms with E-state index < -0.39 is 75.7 Å². The molecule has 45 heavy (non-hydrogen) atoms. The van der Waals surface area contributed by atoms with Crippen LogP contribution in [0.5, 0.6) is 0 Å². The van der Waals surface area contributed by atoms with Crippen molar-refractivity contribution < 1.29 is 46.4 Å². The molecular weight excluding hydrogens is 661 g/mol. The van der Waals surface area contributed by atoms with Gasteiger partial charge >= 0.3 is 14.6 Å². The minimum Gasteiger partial charge on any atom is -0.388 e. The number of aliphatic hydroxyl groups is 1. The van der Waals surface area contributed by atoms with Crippen molar-refractivity contribution in [1.82, 2.24) is 33.6 Å². The molecule has 4 aliphatic rings. The minimum absolute atomic E-state index is 0.0108. The molecule has 0 spiro atoms. The first kappa shape index (κ1) is 30.9. The molecule has 2 saturated heterocycles. The van der Waals surface area contributed by atoms with Crippen molar-refractivity contribution in [3.63, 3.8) is 0 Å². The summed E-state index contributed by atoms with van der Waals surface area (Å²) in [5.74, 6) is 0.348. The Bertz CT molecular complexity index is 1880. The molecule has 3 fully saturated rings. The fourth-order valence-corrected chi connectivity index (χ4v) is 8.49. The number of thiol groups is 1. The topological polar surface area (TPSA) is 207 Å². The maximum atomic E-state index is 16.0. The van der Waals surface area contributed by atoms with E-state index in [0.717, 1.165) is 10.9 Å². The molecule has 3 aliphatic heterocycles. The second-order valence-corrected chi connectivity index (χ2v) is 15.2. The molecule has 0 radical (unpaired) electrons. The van der Waals surface area contributed by atoms with Crippen LogP contribution < -0.4 is 5.56 Å². The van der Waals surface area contributed by atoms with Crippen LogP contribution in [0.25, 0.3) is 16.9 Å². The van der Waals surface area contributed by atoms with E-state index >= 15 is 4.39 Å². The summed E-state index contributed by atoms with van der Waals surface area (Å²) in [7, 11) is -1.92. The first-order chi connectivity index (χ1) is 21.2. The van der Waals surface area contributed by atoms with Crippen LogP contribution in [0.15, 0.2) is 35.3 Å². The fraction of sp³-hybridized carbons (Fsp3) is 0.522. The summed E-state index contributed by atoms with van der Waals surface area (Å²) in [6.45, 7) is -1.03. The predicted octanol–water partition coefficient (Wildman–Crippen LogP) is 1.47. The van der Waals surface area contributed by atoms with Gasteiger partial charge in [-0.2, -0.15) is 0 Å². The van der Waals surface area contributed by atoms with Crippen molar-refractivity contribution in [3.05, 3.63) is 41.6 Å². The quantitative estimate of drug-likeness (QED) is 0.258. The number of aliphatic imine (C=N–C) groups is 1. The van der Waals surface area contributed by atoms with Crippen LogP contribution in [-0.2, 0) is 39.0 Å². The summed E-state index contributed by atoms with van der Waals surface area (Å²) in [6, 6.07) is -0.886. The molecule has 0 aromatic carbocycles. The number of alkyl halides is 1. The second-order valence-electron chi connectivity index (χ2n) is 10.9. The zero-order valence-electron chi connectivity index (χ0n) is 23.5. The van der Waals surface area contributed by atoms with Crippen molar-refractivity contribution >= 4 is 55.9 Å². The number of aromatic nitrogens is 6. The third-order valence-electron chi connectivity index (χ3n) is 8.11. The lowest BCUT2D eigenvalue weighted by molar-refractivity contribution is -0.0585. The number of hydrogen-bond acceptors (Lipinski definition) is 14. The van der Waals surface area contributed by atoms with Crippen LogP contribution in [0, 0.1) is 0 Å². The zero-order chi connectivity index (χ0) is 32.0. The van der Waals surface area contributed by atoms with Crippen molar-refractivity contribution in [3.8, 4) is 0 Å². The number of fused-ring (bicyclic) bond motifs is 5. The Morgan fingerprint density at radius 2 is 1.82 bits per heavy atom. The molecule has 7 rings (SSSR count). The molecule has 1 aliphatic carbocycles. The van der Waals surface area contributed by atoms with E-state index in [4.69, 9.17) is 22.8 Å². The molecule has 6 heterocycles. The molecule has 2 bridgehead atoms. The highest BCUT2D eigenvalue weighted by atomic mass is 32.7. The van der Waals surface area contributed by atoms with Gasteiger partial charge in [-0.15, -0.1) is 0 Å². The Hall–Kier alpha value is -2.77. The summed E-state index contributed by atoms with van der Waals surface area (Å²) < 4.78 is 74.4. The van der Waals surface area contributed by atoms with E-state index in [9.17, 15) is 23.9 Å². The van der Waals surface area contributed by atoms with Crippen LogP contribution in [-0.4, -0.2) is 100 Å². The summed E-state index contributed by atoms with van der Waals surface area (Å²) >= 11 is 4.08. The lowest BCUT2D eigenvalue weighted by atomic mass is 10.1. The molecule has 2 N–H and O–H groups in total. The number of ether oxygens (including phenoxy) is 1. The third-order valence-corrected chi connectivity index (χ3v) is 10.8. The Kier molecular flexibility index (Phi) is 7.48. The molecule has 242 valence electrons. The SMILES string of the molecule is C=C1c2ncn([C@@H]3C[C@@H]4OP(=O)(O)O[C@H]5[C@@H](F)[C@H](n6cnc7c(=O)n(C)cnc76)O[C@@H]5COP(=O)(S)O[C@@H]3[C@@H]4O)c2N=CN1C. The molecule has 18 nitrogen and oxygen atoms in total. The number of rotatable bonds is 2. The molecule has 22 heteroatoms. The van der Waals surface area contributed by atoms with Gasteiger partial charge in [-0.25, -0.2) is 33.5 Å². The predicted molar refractivity (Wildman–Crippen MR) is 155 cm³/mol. The molecule has 1 saturated carbocycles. The first-order valence-electron chi connectivity index (χ1n) is 13.5. The van der Waals surface area contributed by atoms with Gasteiger partial charge in [0.2, 0.25) is 0 Å². The number of aryl methyl sites for hydroxylation is 1. The van der Waals surface area contributed by atoms with Gasteiger partial charge in [0.1, 0.15) is 36.2 Å². The number of phosphoric ester groups is 1. The normalized spacial score (nSPS) is 38.6. The van der Waals surface area contributed by atoms with Crippen LogP contribution in [0.2, 0.25) is 0 Å². The first-order valence-corrected chi connectivity index (χ1v) is 17.7. The molecule has 3 aromatic rings. The highest BCUT2D eigenvalue weighted by Gasteiger charge is 2.55. The van der Waals surface area contributed by atoms with E-state index in [0.29, 0.717) is 17.2 Å². The molecule has 3 aromatic heterocycles. The van der Waals surface area contributed by atoms with Crippen molar-refractivity contribution in [2.45, 2.75) is 55.4 Å². The smallest absolute Gasteiger partial charge is 0.388 e. The lowest BCUT2D eigenvalue weighted by Gasteiger charge is -2.29. The number of phosphoric acid groups is 1. The summed E-state index contributed by atoms with van der Waals surface area (Å²) in [5, 5.41) is 11.2. The molecular formula is C23H27FN8O10P2S. The zero-order valence-corrected chi connectivity index (χ0v) is 26.2. The average Bonchev–Trinajstić information content (AvgIpc) is 3.73. The van der Waals surface area contributed by atoms with E-state index in [1.165, 1.54) is 35.2 Å². The lowest BCUT2D eigenvalue weighted by Crippen LogP contribution is -2.37. The number of imidazole rings is 2. The van der Waals surface area contributed by atoms with Crippen LogP contribution in [0.4, 0.5) is 10.2 Å². The fourth-order valence-electron chi connectivity index (χ4n) is 5.83. The second kappa shape index (κ2) is 10.9. The van der Waals surface area contributed by atoms with Crippen molar-refractivity contribution in [1.29, 1.82) is 0 Å². The highest BCUT2D eigenvalue weighted by molar-refractivity contribution is 8.44. The van der Waals surface area contributed by atoms with Gasteiger partial charge in [-0.1, -0.05) is 18.8 Å². The highest BCUT2D eigenvalue weighted by Crippen LogP contribution is 2.60. The van der Waals surface area contributed by atoms with Gasteiger partial charge in [0, 0.05) is 20.5 Å². The number of hydrogen-bond donors (Lipinski definition) is 3. The third kappa shape index (κ3) is 5.22. The van der Waals surface area contributed by atoms with E-state index in [1.807, 2.05) is 0 Å². The maximum Gasteiger partial charge on any atom is 0.473 e. The van der Waals surface area contributed by atoms with Gasteiger partial charge in [-0.05, 0) is 0 Å². The van der Waals surface area contributed by atoms with E-state index in [-0.39, 0.29) is 17.6 Å². The molecule has 10 atom stereocenters. The summed E-state index contributed by atoms with van der Waals surface area (Å²) in [4.78, 5) is 41.8. The number of aliphatic hydroxyl groups excluding tert-OH is 1. The van der Waals surface area contributed by atoms with E-state index in [2.05, 4.69) is 38.8 Å². The van der Waals surface area contributed by atoms with Crippen molar-refractivity contribution in [2.75, 3.05) is 13.7 Å². The monoisotopic (exact) mass is 688 g/mol. The van der Waals surface area contributed by atoms with Crippen LogP contribution in [0.1, 0.15) is 24.4 Å². The summed E-state index contributed by atoms with van der Waals surface area (Å²) in [5.41, 5.74) is 0.406. The van der Waals surface area contributed by atoms with Gasteiger partial charge in [0.15, 0.2) is 29.4 Å². The van der Waals surface area contributed by atoms with E-state index in [1.54, 1.807) is 11.9 Å². The number of nitrogens with zero attached hydrogens (tertiary/aromatic N) is 8. The van der Waals surface area contributed by atoms with Gasteiger partial charge < -0.3 is 28.8 Å². The Balaban J connectivity index is 1.20. The maximum absolute atomic E-state index is 16.0. The Morgan fingerprint density at radius 1 is 1.07 bits per heavy atom. The van der Waals surface area contributed by atoms with Crippen molar-refractivity contribution in [2.24, 2.45) is 12.0 Å². The Morgan fingerprint density at radius 3 is 2.60 bits per heavy atom. The van der Waals surface area contributed by atoms with Gasteiger partial charge in [0.25, 0.3) is 5.56 Å². The van der Waals surface area contributed by atoms with Crippen LogP contribution in [0.3, 0.4) is 0 Å². The van der Waals surface area contributed by atoms with Gasteiger partial charge in [-0.3, -0.25) is 27.5 Å². The minimum atomic E-state index is -5.12. The van der Waals surface area contributed by atoms with Gasteiger partial charge in [0.05, 0.1) is 43.7 Å². The van der Waals surface area contributed by atoms with Crippen LogP contribution >= 0.6 is 26.9 Å². The summed E-state index contributed by atoms with van der Waals surface area (Å²) in [6.07, 6.45) is -6.29. The molecule has 0 amide bonds.